The van der Waals surface area contributed by atoms with Crippen LogP contribution in [0.25, 0.3) is 0 Å². The van der Waals surface area contributed by atoms with Crippen LogP contribution in [-0.2, 0) is 4.79 Å². The monoisotopic (exact) mass is 504 g/mol. The number of anilines is 6. The smallest absolute Gasteiger partial charge is 0.279 e. The van der Waals surface area contributed by atoms with Gasteiger partial charge >= 0.3 is 0 Å². The highest BCUT2D eigenvalue weighted by atomic mass is 32.1. The normalized spacial score (nSPS) is 15.4. The molecule has 2 amide bonds. The average molecular weight is 505 g/mol. The zero-order valence-electron chi connectivity index (χ0n) is 20.8. The molecule has 1 saturated heterocycles. The van der Waals surface area contributed by atoms with E-state index in [0.29, 0.717) is 36.2 Å². The van der Waals surface area contributed by atoms with Crippen LogP contribution in [0.5, 0.6) is 0 Å². The van der Waals surface area contributed by atoms with Gasteiger partial charge in [-0.1, -0.05) is 6.58 Å². The molecule has 2 aliphatic rings. The molecule has 0 aliphatic carbocycles. The van der Waals surface area contributed by atoms with E-state index in [1.807, 2.05) is 36.8 Å². The predicted molar refractivity (Wildman–Crippen MR) is 143 cm³/mol. The molecule has 10 nitrogen and oxygen atoms in total. The Labute approximate surface area is 213 Å². The SMILES string of the molecule is C=CC(=O)N1CCN(c2ccc(Nc3ncc4c(n3)N(C)c3sc(C)nc3C(=O)N4C)c(C)c2)CC1. The quantitative estimate of drug-likeness (QED) is 0.540. The fourth-order valence-electron chi connectivity index (χ4n) is 4.48. The molecule has 0 spiro atoms. The molecular formula is C25H28N8O2S. The van der Waals surface area contributed by atoms with Crippen LogP contribution in [0.2, 0.25) is 0 Å². The number of nitrogens with zero attached hydrogens (tertiary/aromatic N) is 7. The lowest BCUT2D eigenvalue weighted by molar-refractivity contribution is -0.126. The predicted octanol–water partition coefficient (Wildman–Crippen LogP) is 3.49. The maximum Gasteiger partial charge on any atom is 0.279 e. The summed E-state index contributed by atoms with van der Waals surface area (Å²) >= 11 is 1.47. The molecule has 1 N–H and O–H groups in total. The lowest BCUT2D eigenvalue weighted by Crippen LogP contribution is -2.48. The van der Waals surface area contributed by atoms with Crippen molar-refractivity contribution in [2.24, 2.45) is 0 Å². The highest BCUT2D eigenvalue weighted by molar-refractivity contribution is 7.16. The first kappa shape index (κ1) is 23.7. The van der Waals surface area contributed by atoms with Crippen molar-refractivity contribution in [3.05, 3.63) is 53.3 Å². The number of amides is 2. The molecule has 11 heteroatoms. The number of hydrogen-bond donors (Lipinski definition) is 1. The van der Waals surface area contributed by atoms with Crippen LogP contribution >= 0.6 is 11.3 Å². The molecule has 186 valence electrons. The van der Waals surface area contributed by atoms with E-state index in [2.05, 4.69) is 38.9 Å². The number of aryl methyl sites for hydroxylation is 2. The van der Waals surface area contributed by atoms with E-state index in [1.165, 1.54) is 17.4 Å². The van der Waals surface area contributed by atoms with Gasteiger partial charge in [0.1, 0.15) is 10.7 Å². The van der Waals surface area contributed by atoms with Crippen molar-refractivity contribution in [2.75, 3.05) is 60.3 Å². The van der Waals surface area contributed by atoms with Gasteiger partial charge in [-0.2, -0.15) is 4.98 Å². The molecule has 3 aromatic rings. The van der Waals surface area contributed by atoms with Crippen LogP contribution in [-0.4, -0.2) is 71.9 Å². The van der Waals surface area contributed by atoms with Crippen LogP contribution in [0.3, 0.4) is 0 Å². The molecule has 0 atom stereocenters. The highest BCUT2D eigenvalue weighted by Gasteiger charge is 2.32. The number of nitrogens with one attached hydrogen (secondary N) is 1. The molecule has 0 unspecified atom stereocenters. The van der Waals surface area contributed by atoms with Crippen molar-refractivity contribution in [3.63, 3.8) is 0 Å². The van der Waals surface area contributed by atoms with Gasteiger partial charge < -0.3 is 24.9 Å². The minimum absolute atomic E-state index is 0.0194. The molecule has 0 bridgehead atoms. The third-order valence-corrected chi connectivity index (χ3v) is 7.59. The van der Waals surface area contributed by atoms with Gasteiger partial charge in [0.25, 0.3) is 5.91 Å². The van der Waals surface area contributed by atoms with Gasteiger partial charge in [-0.3, -0.25) is 9.59 Å². The third-order valence-electron chi connectivity index (χ3n) is 6.54. The van der Waals surface area contributed by atoms with Crippen LogP contribution in [0.4, 0.5) is 33.8 Å². The summed E-state index contributed by atoms with van der Waals surface area (Å²) in [5.41, 5.74) is 4.11. The summed E-state index contributed by atoms with van der Waals surface area (Å²) in [5.74, 6) is 0.880. The van der Waals surface area contributed by atoms with Gasteiger partial charge in [-0.15, -0.1) is 11.3 Å². The molecule has 1 fully saturated rings. The molecule has 2 aromatic heterocycles. The maximum absolute atomic E-state index is 13.0. The van der Waals surface area contributed by atoms with Crippen LogP contribution in [0, 0.1) is 13.8 Å². The second-order valence-electron chi connectivity index (χ2n) is 8.85. The Hall–Kier alpha value is -3.99. The Morgan fingerprint density at radius 1 is 1.11 bits per heavy atom. The lowest BCUT2D eigenvalue weighted by Gasteiger charge is -2.36. The zero-order chi connectivity index (χ0) is 25.6. The molecule has 36 heavy (non-hydrogen) atoms. The van der Waals surface area contributed by atoms with E-state index in [4.69, 9.17) is 4.98 Å². The summed E-state index contributed by atoms with van der Waals surface area (Å²) < 4.78 is 0. The molecule has 0 radical (unpaired) electrons. The van der Waals surface area contributed by atoms with E-state index in [0.717, 1.165) is 40.0 Å². The minimum atomic E-state index is -0.176. The van der Waals surface area contributed by atoms with E-state index >= 15 is 0 Å². The van der Waals surface area contributed by atoms with E-state index in [1.54, 1.807) is 18.1 Å². The standard InChI is InChI=1S/C25H28N8O2S/c1-6-20(34)33-11-9-32(10-12-33)17-7-8-18(15(2)13-17)28-25-26-14-19-22(29-25)31(5)24-21(23(35)30(19)4)27-16(3)36-24/h6-8,13-14H,1,9-12H2,2-5H3,(H,26,28,29). The molecule has 4 heterocycles. The summed E-state index contributed by atoms with van der Waals surface area (Å²) in [5, 5.41) is 4.93. The second kappa shape index (κ2) is 9.23. The molecule has 5 rings (SSSR count). The van der Waals surface area contributed by atoms with Crippen LogP contribution in [0.1, 0.15) is 21.1 Å². The van der Waals surface area contributed by atoms with E-state index < -0.39 is 0 Å². The van der Waals surface area contributed by atoms with Crippen LogP contribution < -0.4 is 20.0 Å². The Morgan fingerprint density at radius 3 is 2.56 bits per heavy atom. The van der Waals surface area contributed by atoms with Crippen molar-refractivity contribution in [1.29, 1.82) is 0 Å². The van der Waals surface area contributed by atoms with Gasteiger partial charge in [0.05, 0.1) is 11.2 Å². The van der Waals surface area contributed by atoms with Gasteiger partial charge in [0, 0.05) is 51.6 Å². The third kappa shape index (κ3) is 4.15. The van der Waals surface area contributed by atoms with Crippen molar-refractivity contribution in [1.82, 2.24) is 19.9 Å². The largest absolute Gasteiger partial charge is 0.368 e. The van der Waals surface area contributed by atoms with Gasteiger partial charge in [-0.25, -0.2) is 9.97 Å². The molecule has 0 saturated carbocycles. The maximum atomic E-state index is 13.0. The van der Waals surface area contributed by atoms with Gasteiger partial charge in [0.15, 0.2) is 11.5 Å². The Balaban J connectivity index is 1.36. The molecule has 1 aromatic carbocycles. The van der Waals surface area contributed by atoms with E-state index in [9.17, 15) is 9.59 Å². The Morgan fingerprint density at radius 2 is 1.86 bits per heavy atom. The Bertz CT molecular complexity index is 1360. The van der Waals surface area contributed by atoms with E-state index in [-0.39, 0.29) is 11.8 Å². The summed E-state index contributed by atoms with van der Waals surface area (Å²) in [6, 6.07) is 6.21. The Kier molecular flexibility index (Phi) is 6.09. The molecular weight excluding hydrogens is 476 g/mol. The number of aromatic nitrogens is 3. The lowest BCUT2D eigenvalue weighted by atomic mass is 10.1. The van der Waals surface area contributed by atoms with Crippen molar-refractivity contribution in [3.8, 4) is 0 Å². The number of fused-ring (bicyclic) bond motifs is 2. The summed E-state index contributed by atoms with van der Waals surface area (Å²) in [7, 11) is 3.60. The number of piperazine rings is 1. The summed E-state index contributed by atoms with van der Waals surface area (Å²) in [4.78, 5) is 46.0. The number of carbonyl (C=O) groups is 2. The number of thiazole rings is 1. The second-order valence-corrected chi connectivity index (χ2v) is 10.0. The van der Waals surface area contributed by atoms with Gasteiger partial charge in [-0.05, 0) is 43.7 Å². The first-order valence-electron chi connectivity index (χ1n) is 11.7. The highest BCUT2D eigenvalue weighted by Crippen LogP contribution is 2.41. The minimum Gasteiger partial charge on any atom is -0.368 e. The number of rotatable bonds is 4. The van der Waals surface area contributed by atoms with Crippen molar-refractivity contribution in [2.45, 2.75) is 13.8 Å². The van der Waals surface area contributed by atoms with Crippen LogP contribution in [0.15, 0.2) is 37.1 Å². The topological polar surface area (TPSA) is 97.8 Å². The molecule has 2 aliphatic heterocycles. The number of benzene rings is 1. The fraction of sp³-hybridized carbons (Fsp3) is 0.320. The first-order chi connectivity index (χ1) is 17.3. The first-order valence-corrected chi connectivity index (χ1v) is 12.5. The summed E-state index contributed by atoms with van der Waals surface area (Å²) in [6.45, 7) is 10.4. The number of carbonyl (C=O) groups excluding carboxylic acids is 2. The van der Waals surface area contributed by atoms with Crippen molar-refractivity contribution < 1.29 is 9.59 Å². The van der Waals surface area contributed by atoms with Crippen molar-refractivity contribution >= 4 is 57.0 Å². The average Bonchev–Trinajstić information content (AvgIpc) is 3.27. The van der Waals surface area contributed by atoms with Gasteiger partial charge in [0.2, 0.25) is 11.9 Å². The fourth-order valence-corrected chi connectivity index (χ4v) is 5.35. The zero-order valence-corrected chi connectivity index (χ0v) is 21.6. The summed E-state index contributed by atoms with van der Waals surface area (Å²) in [6.07, 6.45) is 3.03. The number of hydrogen-bond acceptors (Lipinski definition) is 9.